The molecule has 0 aliphatic rings. The van der Waals surface area contributed by atoms with Gasteiger partial charge >= 0.3 is 0 Å². The summed E-state index contributed by atoms with van der Waals surface area (Å²) < 4.78 is 24.3. The van der Waals surface area contributed by atoms with Gasteiger partial charge in [-0.1, -0.05) is 18.2 Å². The van der Waals surface area contributed by atoms with Crippen molar-refractivity contribution >= 4 is 16.3 Å². The van der Waals surface area contributed by atoms with Crippen LogP contribution >= 0.6 is 0 Å². The van der Waals surface area contributed by atoms with Gasteiger partial charge in [0.2, 0.25) is 10.0 Å². The molecule has 1 heterocycles. The highest BCUT2D eigenvalue weighted by molar-refractivity contribution is 7.89. The van der Waals surface area contributed by atoms with E-state index in [2.05, 4.69) is 5.10 Å². The Morgan fingerprint density at radius 3 is 2.43 bits per heavy atom. The van der Waals surface area contributed by atoms with Crippen molar-refractivity contribution in [2.24, 2.45) is 5.14 Å². The van der Waals surface area contributed by atoms with Crippen LogP contribution < -0.4 is 5.14 Å². The van der Waals surface area contributed by atoms with E-state index in [4.69, 9.17) is 5.14 Å². The Bertz CT molecular complexity index is 960. The van der Waals surface area contributed by atoms with Crippen LogP contribution in [0.1, 0.15) is 10.4 Å². The molecule has 0 fully saturated rings. The van der Waals surface area contributed by atoms with Gasteiger partial charge in [0, 0.05) is 11.1 Å². The first-order valence-electron chi connectivity index (χ1n) is 6.72. The molecule has 0 radical (unpaired) electrons. The van der Waals surface area contributed by atoms with E-state index in [1.165, 1.54) is 12.1 Å². The van der Waals surface area contributed by atoms with Crippen LogP contribution in [-0.4, -0.2) is 24.5 Å². The maximum Gasteiger partial charge on any atom is 0.238 e. The summed E-state index contributed by atoms with van der Waals surface area (Å²) in [5.41, 5.74) is 2.88. The Kier molecular flexibility index (Phi) is 3.81. The summed E-state index contributed by atoms with van der Waals surface area (Å²) >= 11 is 0. The SMILES string of the molecule is NS(=O)(=O)c1ccc(-n2nccc2-c2cccc(C=O)c2)cc1. The maximum atomic E-state index is 11.3. The molecule has 2 aromatic carbocycles. The lowest BCUT2D eigenvalue weighted by Crippen LogP contribution is -2.12. The van der Waals surface area contributed by atoms with Gasteiger partial charge < -0.3 is 0 Å². The lowest BCUT2D eigenvalue weighted by Gasteiger charge is -2.09. The molecule has 0 unspecified atom stereocenters. The first-order valence-corrected chi connectivity index (χ1v) is 8.26. The van der Waals surface area contributed by atoms with Gasteiger partial charge in [0.1, 0.15) is 6.29 Å². The Balaban J connectivity index is 2.05. The third-order valence-electron chi connectivity index (χ3n) is 3.37. The van der Waals surface area contributed by atoms with E-state index in [0.717, 1.165) is 17.5 Å². The van der Waals surface area contributed by atoms with Crippen LogP contribution in [0.5, 0.6) is 0 Å². The molecule has 0 aliphatic heterocycles. The van der Waals surface area contributed by atoms with Crippen molar-refractivity contribution in [1.29, 1.82) is 0 Å². The van der Waals surface area contributed by atoms with E-state index in [-0.39, 0.29) is 4.90 Å². The topological polar surface area (TPSA) is 95.1 Å². The molecule has 3 aromatic rings. The van der Waals surface area contributed by atoms with Gasteiger partial charge in [-0.3, -0.25) is 4.79 Å². The van der Waals surface area contributed by atoms with Gasteiger partial charge in [-0.2, -0.15) is 5.10 Å². The van der Waals surface area contributed by atoms with Crippen LogP contribution in [0, 0.1) is 0 Å². The smallest absolute Gasteiger partial charge is 0.238 e. The molecule has 0 saturated heterocycles. The van der Waals surface area contributed by atoms with Crippen LogP contribution in [0.4, 0.5) is 0 Å². The Morgan fingerprint density at radius 1 is 1.04 bits per heavy atom. The van der Waals surface area contributed by atoms with Crippen molar-refractivity contribution in [2.45, 2.75) is 4.90 Å². The molecule has 1 aromatic heterocycles. The zero-order valence-electron chi connectivity index (χ0n) is 12.0. The van der Waals surface area contributed by atoms with Crippen LogP contribution in [0.25, 0.3) is 16.9 Å². The molecule has 7 heteroatoms. The van der Waals surface area contributed by atoms with E-state index in [1.54, 1.807) is 41.2 Å². The lowest BCUT2D eigenvalue weighted by molar-refractivity contribution is 0.112. The number of aldehydes is 1. The summed E-state index contributed by atoms with van der Waals surface area (Å²) in [6.45, 7) is 0. The van der Waals surface area contributed by atoms with E-state index in [0.29, 0.717) is 11.3 Å². The maximum absolute atomic E-state index is 11.3. The highest BCUT2D eigenvalue weighted by Crippen LogP contribution is 2.23. The average molecular weight is 327 g/mol. The van der Waals surface area contributed by atoms with Crippen LogP contribution in [0.2, 0.25) is 0 Å². The van der Waals surface area contributed by atoms with E-state index in [9.17, 15) is 13.2 Å². The fraction of sp³-hybridized carbons (Fsp3) is 0. The molecule has 0 bridgehead atoms. The van der Waals surface area contributed by atoms with Crippen molar-refractivity contribution in [3.63, 3.8) is 0 Å². The second-order valence-corrected chi connectivity index (χ2v) is 6.47. The summed E-state index contributed by atoms with van der Waals surface area (Å²) in [4.78, 5) is 11.0. The largest absolute Gasteiger partial charge is 0.298 e. The second-order valence-electron chi connectivity index (χ2n) is 4.91. The lowest BCUT2D eigenvalue weighted by atomic mass is 10.1. The zero-order valence-corrected chi connectivity index (χ0v) is 12.8. The highest BCUT2D eigenvalue weighted by atomic mass is 32.2. The number of nitrogens with two attached hydrogens (primary N) is 1. The molecule has 3 rings (SSSR count). The minimum atomic E-state index is -3.73. The highest BCUT2D eigenvalue weighted by Gasteiger charge is 2.11. The van der Waals surface area contributed by atoms with Crippen molar-refractivity contribution in [3.05, 3.63) is 66.4 Å². The number of hydrogen-bond donors (Lipinski definition) is 1. The average Bonchev–Trinajstić information content (AvgIpc) is 3.04. The molecule has 116 valence electrons. The van der Waals surface area contributed by atoms with E-state index in [1.807, 2.05) is 12.1 Å². The van der Waals surface area contributed by atoms with Gasteiger partial charge in [0.15, 0.2) is 0 Å². The van der Waals surface area contributed by atoms with Gasteiger partial charge in [-0.25, -0.2) is 18.2 Å². The predicted molar refractivity (Wildman–Crippen MR) is 85.8 cm³/mol. The molecule has 0 atom stereocenters. The predicted octanol–water partition coefficient (Wildman–Crippen LogP) is 2.00. The summed E-state index contributed by atoms with van der Waals surface area (Å²) in [6.07, 6.45) is 2.42. The van der Waals surface area contributed by atoms with Gasteiger partial charge in [0.25, 0.3) is 0 Å². The number of sulfonamides is 1. The quantitative estimate of drug-likeness (QED) is 0.741. The summed E-state index contributed by atoms with van der Waals surface area (Å²) in [7, 11) is -3.73. The number of nitrogens with zero attached hydrogens (tertiary/aromatic N) is 2. The standard InChI is InChI=1S/C16H13N3O3S/c17-23(21,22)15-6-4-14(5-7-15)19-16(8-9-18-19)13-3-1-2-12(10-13)11-20/h1-11H,(H2,17,21,22). The first-order chi connectivity index (χ1) is 11.0. The number of benzene rings is 2. The van der Waals surface area contributed by atoms with E-state index >= 15 is 0 Å². The number of primary sulfonamides is 1. The Morgan fingerprint density at radius 2 is 1.78 bits per heavy atom. The molecule has 23 heavy (non-hydrogen) atoms. The van der Waals surface area contributed by atoms with Gasteiger partial charge in [-0.15, -0.1) is 0 Å². The third kappa shape index (κ3) is 3.05. The van der Waals surface area contributed by atoms with Crippen molar-refractivity contribution in [2.75, 3.05) is 0 Å². The fourth-order valence-corrected chi connectivity index (χ4v) is 2.79. The number of carbonyl (C=O) groups excluding carboxylic acids is 1. The number of aromatic nitrogens is 2. The molecule has 0 spiro atoms. The normalized spacial score (nSPS) is 11.3. The van der Waals surface area contributed by atoms with Crippen LogP contribution in [0.15, 0.2) is 65.7 Å². The molecule has 2 N–H and O–H groups in total. The third-order valence-corrected chi connectivity index (χ3v) is 4.30. The monoisotopic (exact) mass is 327 g/mol. The van der Waals surface area contributed by atoms with Crippen LogP contribution in [0.3, 0.4) is 0 Å². The number of rotatable bonds is 4. The Hall–Kier alpha value is -2.77. The van der Waals surface area contributed by atoms with Gasteiger partial charge in [-0.05, 0) is 36.4 Å². The van der Waals surface area contributed by atoms with E-state index < -0.39 is 10.0 Å². The molecule has 0 amide bonds. The first kappa shape index (κ1) is 15.1. The molecular formula is C16H13N3O3S. The van der Waals surface area contributed by atoms with Crippen molar-refractivity contribution < 1.29 is 13.2 Å². The van der Waals surface area contributed by atoms with Gasteiger partial charge in [0.05, 0.1) is 22.5 Å². The Labute approximate surface area is 133 Å². The van der Waals surface area contributed by atoms with Crippen molar-refractivity contribution in [1.82, 2.24) is 9.78 Å². The summed E-state index contributed by atoms with van der Waals surface area (Å²) in [5.74, 6) is 0. The summed E-state index contributed by atoms with van der Waals surface area (Å²) in [5, 5.41) is 9.35. The number of carbonyl (C=O) groups is 1. The van der Waals surface area contributed by atoms with Crippen LogP contribution in [-0.2, 0) is 10.0 Å². The summed E-state index contributed by atoms with van der Waals surface area (Å²) in [6, 6.07) is 15.1. The fourth-order valence-electron chi connectivity index (χ4n) is 2.28. The molecular weight excluding hydrogens is 314 g/mol. The van der Waals surface area contributed by atoms with Crippen molar-refractivity contribution in [3.8, 4) is 16.9 Å². The second kappa shape index (κ2) is 5.79. The minimum absolute atomic E-state index is 0.0397. The molecule has 0 aliphatic carbocycles. The number of hydrogen-bond acceptors (Lipinski definition) is 4. The zero-order chi connectivity index (χ0) is 16.4. The molecule has 6 nitrogen and oxygen atoms in total. The molecule has 0 saturated carbocycles. The minimum Gasteiger partial charge on any atom is -0.298 e.